The maximum Gasteiger partial charge on any atom is 0.244 e. The van der Waals surface area contributed by atoms with Gasteiger partial charge in [-0.3, -0.25) is 9.48 Å². The molecule has 6 nitrogen and oxygen atoms in total. The van der Waals surface area contributed by atoms with Crippen LogP contribution < -0.4 is 0 Å². The molecule has 7 heteroatoms. The van der Waals surface area contributed by atoms with Gasteiger partial charge in [-0.2, -0.15) is 5.10 Å². The SMILES string of the molecule is CO[C@@H]1CN(C(=O)Cn2cccn2)C[C@]12C[C@@H](c1cccc(F)c1)CO2. The van der Waals surface area contributed by atoms with E-state index in [2.05, 4.69) is 5.10 Å². The van der Waals surface area contributed by atoms with Gasteiger partial charge >= 0.3 is 0 Å². The fourth-order valence-corrected chi connectivity index (χ4v) is 4.08. The lowest BCUT2D eigenvalue weighted by molar-refractivity contribution is -0.132. The molecule has 1 aromatic heterocycles. The van der Waals surface area contributed by atoms with Crippen LogP contribution in [0.5, 0.6) is 0 Å². The van der Waals surface area contributed by atoms with E-state index in [-0.39, 0.29) is 30.3 Å². The summed E-state index contributed by atoms with van der Waals surface area (Å²) in [4.78, 5) is 14.4. The number of hydrogen-bond donors (Lipinski definition) is 0. The number of aromatic nitrogens is 2. The Kier molecular flexibility index (Phi) is 4.50. The Labute approximate surface area is 151 Å². The first-order valence-electron chi connectivity index (χ1n) is 8.77. The maximum absolute atomic E-state index is 13.6. The van der Waals surface area contributed by atoms with Crippen LogP contribution in [-0.2, 0) is 20.8 Å². The van der Waals surface area contributed by atoms with Crippen LogP contribution in [0, 0.1) is 5.82 Å². The monoisotopic (exact) mass is 359 g/mol. The van der Waals surface area contributed by atoms with E-state index in [1.165, 1.54) is 6.07 Å². The average Bonchev–Trinajstić information content (AvgIpc) is 3.36. The Hall–Kier alpha value is -2.25. The Morgan fingerprint density at radius 2 is 2.35 bits per heavy atom. The summed E-state index contributed by atoms with van der Waals surface area (Å²) in [5.74, 6) is -0.149. The number of likely N-dealkylation sites (tertiary alicyclic amines) is 1. The zero-order valence-electron chi connectivity index (χ0n) is 14.7. The molecule has 0 N–H and O–H groups in total. The highest BCUT2D eigenvalue weighted by atomic mass is 19.1. The zero-order valence-corrected chi connectivity index (χ0v) is 14.7. The highest BCUT2D eigenvalue weighted by Gasteiger charge is 2.54. The second-order valence-corrected chi connectivity index (χ2v) is 7.03. The lowest BCUT2D eigenvalue weighted by Crippen LogP contribution is -2.42. The van der Waals surface area contributed by atoms with Crippen molar-refractivity contribution in [3.8, 4) is 0 Å². The van der Waals surface area contributed by atoms with Gasteiger partial charge < -0.3 is 14.4 Å². The van der Waals surface area contributed by atoms with Gasteiger partial charge in [0.1, 0.15) is 24.1 Å². The molecule has 1 aromatic carbocycles. The predicted molar refractivity (Wildman–Crippen MR) is 92.0 cm³/mol. The molecule has 2 aromatic rings. The first-order chi connectivity index (χ1) is 12.6. The number of rotatable bonds is 4. The Morgan fingerprint density at radius 1 is 1.46 bits per heavy atom. The van der Waals surface area contributed by atoms with Crippen LogP contribution >= 0.6 is 0 Å². The molecule has 0 aliphatic carbocycles. The molecule has 1 amide bonds. The van der Waals surface area contributed by atoms with Crippen molar-refractivity contribution in [2.45, 2.75) is 30.6 Å². The number of benzene rings is 1. The number of ether oxygens (including phenoxy) is 2. The molecule has 1 spiro atoms. The molecule has 0 saturated carbocycles. The molecule has 2 saturated heterocycles. The van der Waals surface area contributed by atoms with Gasteiger partial charge in [0.2, 0.25) is 5.91 Å². The number of carbonyl (C=O) groups excluding carboxylic acids is 1. The molecule has 3 heterocycles. The molecular formula is C19H22FN3O3. The standard InChI is InChI=1S/C19H22FN3O3/c1-25-17-10-22(18(24)11-23-7-3-6-21-23)13-19(17)9-15(12-26-19)14-4-2-5-16(20)8-14/h2-8,15,17H,9-13H2,1H3/t15-,17-,19-/m1/s1. The van der Waals surface area contributed by atoms with Crippen molar-refractivity contribution in [3.05, 3.63) is 54.1 Å². The van der Waals surface area contributed by atoms with E-state index in [1.807, 2.05) is 6.07 Å². The van der Waals surface area contributed by atoms with Crippen LogP contribution in [0.25, 0.3) is 0 Å². The van der Waals surface area contributed by atoms with Crippen LogP contribution in [0.2, 0.25) is 0 Å². The fourth-order valence-electron chi connectivity index (χ4n) is 4.08. The highest BCUT2D eigenvalue weighted by molar-refractivity contribution is 5.76. The van der Waals surface area contributed by atoms with Crippen LogP contribution in [-0.4, -0.2) is 59.1 Å². The minimum Gasteiger partial charge on any atom is -0.377 e. The molecule has 0 bridgehead atoms. The second-order valence-electron chi connectivity index (χ2n) is 7.03. The summed E-state index contributed by atoms with van der Waals surface area (Å²) in [6, 6.07) is 8.44. The molecule has 0 unspecified atom stereocenters. The van der Waals surface area contributed by atoms with Crippen molar-refractivity contribution in [3.63, 3.8) is 0 Å². The summed E-state index contributed by atoms with van der Waals surface area (Å²) in [5.41, 5.74) is 0.393. The minimum atomic E-state index is -0.536. The number of methoxy groups -OCH3 is 1. The van der Waals surface area contributed by atoms with Gasteiger partial charge in [-0.1, -0.05) is 12.1 Å². The van der Waals surface area contributed by atoms with Crippen molar-refractivity contribution >= 4 is 5.91 Å². The molecule has 26 heavy (non-hydrogen) atoms. The van der Waals surface area contributed by atoms with E-state index in [4.69, 9.17) is 9.47 Å². The fraction of sp³-hybridized carbons (Fsp3) is 0.474. The Bertz CT molecular complexity index is 782. The summed E-state index contributed by atoms with van der Waals surface area (Å²) in [6.07, 6.45) is 3.94. The molecule has 0 radical (unpaired) electrons. The van der Waals surface area contributed by atoms with E-state index < -0.39 is 5.60 Å². The van der Waals surface area contributed by atoms with Gasteiger partial charge in [-0.05, 0) is 30.2 Å². The van der Waals surface area contributed by atoms with Crippen molar-refractivity contribution in [2.24, 2.45) is 0 Å². The van der Waals surface area contributed by atoms with E-state index in [0.717, 1.165) is 5.56 Å². The van der Waals surface area contributed by atoms with E-state index >= 15 is 0 Å². The van der Waals surface area contributed by atoms with Gasteiger partial charge in [0, 0.05) is 32.0 Å². The van der Waals surface area contributed by atoms with Crippen molar-refractivity contribution in [2.75, 3.05) is 26.8 Å². The predicted octanol–water partition coefficient (Wildman–Crippen LogP) is 1.82. The minimum absolute atomic E-state index is 0.00886. The van der Waals surface area contributed by atoms with Crippen LogP contribution in [0.3, 0.4) is 0 Å². The van der Waals surface area contributed by atoms with Gasteiger partial charge in [-0.25, -0.2) is 4.39 Å². The van der Waals surface area contributed by atoms with E-state index in [1.54, 1.807) is 47.3 Å². The Balaban J connectivity index is 1.48. The maximum atomic E-state index is 13.6. The van der Waals surface area contributed by atoms with Crippen LogP contribution in [0.15, 0.2) is 42.7 Å². The molecular weight excluding hydrogens is 337 g/mol. The third-order valence-electron chi connectivity index (χ3n) is 5.41. The molecule has 4 rings (SSSR count). The molecule has 2 aliphatic rings. The van der Waals surface area contributed by atoms with Crippen LogP contribution in [0.1, 0.15) is 17.9 Å². The molecule has 2 aliphatic heterocycles. The molecule has 3 atom stereocenters. The van der Waals surface area contributed by atoms with E-state index in [9.17, 15) is 9.18 Å². The Morgan fingerprint density at radius 3 is 3.08 bits per heavy atom. The first-order valence-corrected chi connectivity index (χ1v) is 8.77. The third kappa shape index (κ3) is 3.12. The quantitative estimate of drug-likeness (QED) is 0.836. The lowest BCUT2D eigenvalue weighted by Gasteiger charge is -2.28. The number of amides is 1. The number of nitrogens with zero attached hydrogens (tertiary/aromatic N) is 3. The number of carbonyl (C=O) groups is 1. The van der Waals surface area contributed by atoms with E-state index in [0.29, 0.717) is 26.1 Å². The average molecular weight is 359 g/mol. The summed E-state index contributed by atoms with van der Waals surface area (Å²) in [5, 5.41) is 4.09. The summed E-state index contributed by atoms with van der Waals surface area (Å²) < 4.78 is 27.0. The normalized spacial score (nSPS) is 28.2. The lowest BCUT2D eigenvalue weighted by atomic mass is 9.87. The summed E-state index contributed by atoms with van der Waals surface area (Å²) >= 11 is 0. The smallest absolute Gasteiger partial charge is 0.244 e. The highest BCUT2D eigenvalue weighted by Crippen LogP contribution is 2.43. The van der Waals surface area contributed by atoms with Crippen molar-refractivity contribution in [1.29, 1.82) is 0 Å². The second kappa shape index (κ2) is 6.81. The van der Waals surface area contributed by atoms with Crippen LogP contribution in [0.4, 0.5) is 4.39 Å². The summed E-state index contributed by atoms with van der Waals surface area (Å²) in [6.45, 7) is 1.68. The van der Waals surface area contributed by atoms with Gasteiger partial charge in [0.05, 0.1) is 13.2 Å². The molecule has 2 fully saturated rings. The van der Waals surface area contributed by atoms with Gasteiger partial charge in [-0.15, -0.1) is 0 Å². The van der Waals surface area contributed by atoms with Gasteiger partial charge in [0.25, 0.3) is 0 Å². The topological polar surface area (TPSA) is 56.6 Å². The first kappa shape index (κ1) is 17.2. The zero-order chi connectivity index (χ0) is 18.1. The largest absolute Gasteiger partial charge is 0.377 e. The van der Waals surface area contributed by atoms with Gasteiger partial charge in [0.15, 0.2) is 0 Å². The van der Waals surface area contributed by atoms with Crippen molar-refractivity contribution < 1.29 is 18.7 Å². The molecule has 138 valence electrons. The summed E-state index contributed by atoms with van der Waals surface area (Å²) in [7, 11) is 1.65. The third-order valence-corrected chi connectivity index (χ3v) is 5.41. The number of hydrogen-bond acceptors (Lipinski definition) is 4. The number of halogens is 1. The van der Waals surface area contributed by atoms with Crippen molar-refractivity contribution in [1.82, 2.24) is 14.7 Å².